The van der Waals surface area contributed by atoms with Gasteiger partial charge in [0.05, 0.1) is 21.3 Å². The third kappa shape index (κ3) is 5.30. The van der Waals surface area contributed by atoms with Crippen LogP contribution in [0.3, 0.4) is 0 Å². The van der Waals surface area contributed by atoms with Crippen molar-refractivity contribution in [3.8, 4) is 17.2 Å². The average molecular weight is 454 g/mol. The summed E-state index contributed by atoms with van der Waals surface area (Å²) >= 11 is 0. The van der Waals surface area contributed by atoms with Crippen LogP contribution in [0, 0.1) is 6.92 Å². The topological polar surface area (TPSA) is 83.1 Å². The molecule has 1 amide bonds. The zero-order valence-electron chi connectivity index (χ0n) is 19.9. The van der Waals surface area contributed by atoms with Gasteiger partial charge in [-0.2, -0.15) is 0 Å². The highest BCUT2D eigenvalue weighted by atomic mass is 16.5. The number of amides is 1. The summed E-state index contributed by atoms with van der Waals surface area (Å²) in [6, 6.07) is 7.62. The molecule has 0 aromatic heterocycles. The first kappa shape index (κ1) is 24.2. The van der Waals surface area contributed by atoms with E-state index in [1.807, 2.05) is 44.2 Å². The average Bonchev–Trinajstić information content (AvgIpc) is 3.22. The molecule has 176 valence electrons. The van der Waals surface area contributed by atoms with E-state index in [0.717, 1.165) is 33.6 Å². The molecule has 0 saturated heterocycles. The van der Waals surface area contributed by atoms with E-state index >= 15 is 0 Å². The van der Waals surface area contributed by atoms with Gasteiger partial charge in [-0.3, -0.25) is 4.79 Å². The van der Waals surface area contributed by atoms with Gasteiger partial charge in [0, 0.05) is 29.7 Å². The fourth-order valence-corrected chi connectivity index (χ4v) is 4.06. The highest BCUT2D eigenvalue weighted by Crippen LogP contribution is 2.42. The van der Waals surface area contributed by atoms with Crippen LogP contribution >= 0.6 is 0 Å². The van der Waals surface area contributed by atoms with Crippen molar-refractivity contribution in [2.75, 3.05) is 21.3 Å². The van der Waals surface area contributed by atoms with Crippen molar-refractivity contribution >= 4 is 11.9 Å². The molecule has 0 atom stereocenters. The van der Waals surface area contributed by atoms with Crippen LogP contribution in [0.2, 0.25) is 0 Å². The Kier molecular flexibility index (Phi) is 7.98. The van der Waals surface area contributed by atoms with Crippen molar-refractivity contribution in [1.29, 1.82) is 0 Å². The van der Waals surface area contributed by atoms with Gasteiger partial charge in [-0.15, -0.1) is 0 Å². The number of hydrogen-bond donors (Lipinski definition) is 1. The van der Waals surface area contributed by atoms with Gasteiger partial charge >= 0.3 is 5.97 Å². The molecule has 1 N–H and O–H groups in total. The lowest BCUT2D eigenvalue weighted by Crippen LogP contribution is -2.22. The number of benzene rings is 2. The number of methoxy groups -OCH3 is 3. The van der Waals surface area contributed by atoms with E-state index in [-0.39, 0.29) is 18.5 Å². The third-order valence-corrected chi connectivity index (χ3v) is 5.90. The predicted octanol–water partition coefficient (Wildman–Crippen LogP) is 4.28. The van der Waals surface area contributed by atoms with Gasteiger partial charge in [0.15, 0.2) is 0 Å². The number of rotatable bonds is 10. The number of carbonyl (C=O) groups excluding carboxylic acids is 2. The van der Waals surface area contributed by atoms with Crippen LogP contribution in [-0.4, -0.2) is 33.2 Å². The number of ether oxygens (including phenoxy) is 4. The highest BCUT2D eigenvalue weighted by Gasteiger charge is 2.32. The summed E-state index contributed by atoms with van der Waals surface area (Å²) in [5, 5.41) is 2.94. The van der Waals surface area contributed by atoms with Crippen LogP contribution in [0.25, 0.3) is 0 Å². The standard InChI is InChI=1S/C26H31NO6/c1-16(11-13-22(28)27-14-18-8-6-7-9-21(18)30-3)10-12-19-24(31-4)17(2)20-15-33-26(29)23(20)25(19)32-5/h6-10H,11-15H2,1-5H3,(H,27,28). The molecule has 7 nitrogen and oxygen atoms in total. The largest absolute Gasteiger partial charge is 0.496 e. The SMILES string of the molecule is COc1ccccc1CNC(=O)CCC(C)=CCc1c(OC)c(C)c2c(c1OC)C(=O)OC2. The number of esters is 1. The van der Waals surface area contributed by atoms with E-state index in [4.69, 9.17) is 18.9 Å². The maximum Gasteiger partial charge on any atom is 0.342 e. The Morgan fingerprint density at radius 2 is 1.82 bits per heavy atom. The number of fused-ring (bicyclic) bond motifs is 1. The summed E-state index contributed by atoms with van der Waals surface area (Å²) in [6.45, 7) is 4.56. The Balaban J connectivity index is 1.65. The molecule has 1 heterocycles. The first-order valence-corrected chi connectivity index (χ1v) is 10.9. The Hall–Kier alpha value is -3.48. The summed E-state index contributed by atoms with van der Waals surface area (Å²) in [7, 11) is 4.77. The van der Waals surface area contributed by atoms with Gasteiger partial charge < -0.3 is 24.3 Å². The van der Waals surface area contributed by atoms with Crippen LogP contribution < -0.4 is 19.5 Å². The molecule has 0 unspecified atom stereocenters. The first-order valence-electron chi connectivity index (χ1n) is 10.9. The molecule has 0 saturated carbocycles. The van der Waals surface area contributed by atoms with Crippen molar-refractivity contribution < 1.29 is 28.5 Å². The van der Waals surface area contributed by atoms with Gasteiger partial charge in [-0.1, -0.05) is 29.8 Å². The van der Waals surface area contributed by atoms with Crippen LogP contribution in [-0.2, 0) is 29.1 Å². The van der Waals surface area contributed by atoms with E-state index in [9.17, 15) is 9.59 Å². The number of cyclic esters (lactones) is 1. The van der Waals surface area contributed by atoms with E-state index in [0.29, 0.717) is 42.9 Å². The Bertz CT molecular complexity index is 1070. The maximum absolute atomic E-state index is 12.3. The van der Waals surface area contributed by atoms with Gasteiger partial charge in [0.1, 0.15) is 29.4 Å². The van der Waals surface area contributed by atoms with Crippen molar-refractivity contribution in [3.63, 3.8) is 0 Å². The second-order valence-corrected chi connectivity index (χ2v) is 7.94. The minimum absolute atomic E-state index is 0.0278. The molecule has 0 aliphatic carbocycles. The van der Waals surface area contributed by atoms with Crippen molar-refractivity contribution in [2.24, 2.45) is 0 Å². The minimum Gasteiger partial charge on any atom is -0.496 e. The van der Waals surface area contributed by atoms with Crippen LogP contribution in [0.5, 0.6) is 17.2 Å². The molecule has 0 bridgehead atoms. The van der Waals surface area contributed by atoms with Crippen molar-refractivity contribution in [1.82, 2.24) is 5.32 Å². The molecule has 33 heavy (non-hydrogen) atoms. The first-order chi connectivity index (χ1) is 15.9. The van der Waals surface area contributed by atoms with Crippen LogP contribution in [0.15, 0.2) is 35.9 Å². The van der Waals surface area contributed by atoms with Gasteiger partial charge in [0.25, 0.3) is 0 Å². The summed E-state index contributed by atoms with van der Waals surface area (Å²) in [5.41, 5.74) is 4.97. The third-order valence-electron chi connectivity index (χ3n) is 5.90. The zero-order chi connectivity index (χ0) is 24.0. The Morgan fingerprint density at radius 3 is 2.52 bits per heavy atom. The number of para-hydroxylation sites is 1. The number of hydrogen-bond acceptors (Lipinski definition) is 6. The molecule has 2 aromatic carbocycles. The molecule has 3 rings (SSSR count). The normalized spacial score (nSPS) is 12.8. The molecule has 7 heteroatoms. The highest BCUT2D eigenvalue weighted by molar-refractivity contribution is 5.98. The summed E-state index contributed by atoms with van der Waals surface area (Å²) < 4.78 is 21.8. The van der Waals surface area contributed by atoms with E-state index in [1.54, 1.807) is 21.3 Å². The summed E-state index contributed by atoms with van der Waals surface area (Å²) in [6.07, 6.45) is 3.55. The molecule has 0 spiro atoms. The van der Waals surface area contributed by atoms with E-state index < -0.39 is 0 Å². The maximum atomic E-state index is 12.3. The molecule has 0 radical (unpaired) electrons. The van der Waals surface area contributed by atoms with Crippen LogP contribution in [0.1, 0.15) is 52.4 Å². The lowest BCUT2D eigenvalue weighted by molar-refractivity contribution is -0.121. The molecule has 1 aliphatic heterocycles. The minimum atomic E-state index is -0.374. The summed E-state index contributed by atoms with van der Waals surface area (Å²) in [4.78, 5) is 24.6. The van der Waals surface area contributed by atoms with E-state index in [1.165, 1.54) is 0 Å². The lowest BCUT2D eigenvalue weighted by atomic mass is 9.94. The number of nitrogens with one attached hydrogen (secondary N) is 1. The molecular formula is C26H31NO6. The van der Waals surface area contributed by atoms with Gasteiger partial charge in [-0.05, 0) is 38.3 Å². The van der Waals surface area contributed by atoms with Crippen molar-refractivity contribution in [2.45, 2.75) is 46.3 Å². The smallest absolute Gasteiger partial charge is 0.342 e. The fourth-order valence-electron chi connectivity index (χ4n) is 4.06. The monoisotopic (exact) mass is 453 g/mol. The second kappa shape index (κ2) is 10.9. The number of carbonyl (C=O) groups is 2. The molecule has 1 aliphatic rings. The predicted molar refractivity (Wildman–Crippen MR) is 125 cm³/mol. The van der Waals surface area contributed by atoms with Crippen molar-refractivity contribution in [3.05, 3.63) is 63.7 Å². The molecular weight excluding hydrogens is 422 g/mol. The molecule has 0 fully saturated rings. The quantitative estimate of drug-likeness (QED) is 0.427. The van der Waals surface area contributed by atoms with E-state index in [2.05, 4.69) is 5.32 Å². The van der Waals surface area contributed by atoms with Crippen LogP contribution in [0.4, 0.5) is 0 Å². The van der Waals surface area contributed by atoms with Gasteiger partial charge in [-0.25, -0.2) is 4.79 Å². The Morgan fingerprint density at radius 1 is 1.09 bits per heavy atom. The second-order valence-electron chi connectivity index (χ2n) is 7.94. The fraction of sp³-hybridized carbons (Fsp3) is 0.385. The lowest BCUT2D eigenvalue weighted by Gasteiger charge is -2.18. The molecule has 2 aromatic rings. The summed E-state index contributed by atoms with van der Waals surface area (Å²) in [5.74, 6) is 1.54. The number of allylic oxidation sites excluding steroid dienone is 2. The van der Waals surface area contributed by atoms with Gasteiger partial charge in [0.2, 0.25) is 5.91 Å². The zero-order valence-corrected chi connectivity index (χ0v) is 19.9. The Labute approximate surface area is 194 Å².